The van der Waals surface area contributed by atoms with Crippen LogP contribution in [0.25, 0.3) is 11.0 Å². The van der Waals surface area contributed by atoms with Crippen LogP contribution < -0.4 is 15.5 Å². The first kappa shape index (κ1) is 23.2. The second kappa shape index (κ2) is 9.03. The monoisotopic (exact) mass is 488 g/mol. The lowest BCUT2D eigenvalue weighted by Crippen LogP contribution is -2.54. The maximum atomic E-state index is 12.7. The van der Waals surface area contributed by atoms with Gasteiger partial charge < -0.3 is 20.1 Å². The number of fused-ring (bicyclic) bond motifs is 4. The van der Waals surface area contributed by atoms with Gasteiger partial charge in [0.05, 0.1) is 17.4 Å². The van der Waals surface area contributed by atoms with Crippen LogP contribution in [0, 0.1) is 0 Å². The molecule has 0 aromatic carbocycles. The maximum Gasteiger partial charge on any atom is 0.268 e. The van der Waals surface area contributed by atoms with Gasteiger partial charge in [-0.25, -0.2) is 9.97 Å². The Morgan fingerprint density at radius 3 is 2.67 bits per heavy atom. The van der Waals surface area contributed by atoms with Gasteiger partial charge >= 0.3 is 0 Å². The van der Waals surface area contributed by atoms with Crippen LogP contribution in [0.5, 0.6) is 0 Å². The molecule has 190 valence electrons. The third-order valence-electron chi connectivity index (χ3n) is 8.31. The van der Waals surface area contributed by atoms with E-state index in [1.807, 2.05) is 24.5 Å². The number of carbonyl (C=O) groups excluding carboxylic acids is 1. The zero-order valence-corrected chi connectivity index (χ0v) is 21.5. The molecule has 9 heteroatoms. The second-order valence-electron chi connectivity index (χ2n) is 11.0. The van der Waals surface area contributed by atoms with Crippen LogP contribution in [0.4, 0.5) is 17.5 Å². The molecule has 2 N–H and O–H groups in total. The molecule has 1 saturated carbocycles. The number of hydrogen-bond acceptors (Lipinski definition) is 7. The zero-order valence-electron chi connectivity index (χ0n) is 21.5. The molecule has 0 radical (unpaired) electrons. The second-order valence-corrected chi connectivity index (χ2v) is 11.0. The summed E-state index contributed by atoms with van der Waals surface area (Å²) in [7, 11) is 0. The summed E-state index contributed by atoms with van der Waals surface area (Å²) in [5, 5.41) is 7.30. The van der Waals surface area contributed by atoms with Crippen LogP contribution in [-0.2, 0) is 5.54 Å². The Bertz CT molecular complexity index is 1260. The highest BCUT2D eigenvalue weighted by molar-refractivity contribution is 5.99. The van der Waals surface area contributed by atoms with Gasteiger partial charge in [-0.1, -0.05) is 19.3 Å². The molecule has 1 spiro atoms. The summed E-state index contributed by atoms with van der Waals surface area (Å²) < 4.78 is 2.20. The van der Waals surface area contributed by atoms with Crippen molar-refractivity contribution in [2.75, 3.05) is 36.4 Å². The molecule has 0 unspecified atom stereocenters. The van der Waals surface area contributed by atoms with Crippen LogP contribution in [0.15, 0.2) is 30.6 Å². The smallest absolute Gasteiger partial charge is 0.268 e. The number of pyridine rings is 1. The molecule has 1 aliphatic carbocycles. The number of aromatic nitrogens is 4. The van der Waals surface area contributed by atoms with Gasteiger partial charge in [0.1, 0.15) is 17.2 Å². The molecule has 1 saturated heterocycles. The molecule has 9 nitrogen and oxygen atoms in total. The lowest BCUT2D eigenvalue weighted by Gasteiger charge is -2.43. The van der Waals surface area contributed by atoms with Crippen molar-refractivity contribution in [3.05, 3.63) is 36.3 Å². The minimum absolute atomic E-state index is 0.0282. The average Bonchev–Trinajstić information content (AvgIpc) is 3.28. The molecular formula is C27H36N8O. The average molecular weight is 489 g/mol. The third kappa shape index (κ3) is 3.99. The molecular weight excluding hydrogens is 452 g/mol. The standard InChI is InChI=1S/C27H36N8O/c1-18(2)34-12-11-33(16-19(34)3)21-7-8-23(28-15-21)31-26-29-14-20-13-22-25(36)30-17-27(9-5-4-6-10-27)35(22)24(20)32-26/h7-8,13-15,18-19H,4-6,9-12,16-17H2,1-3H3,(H,30,36)(H,28,29,31,32)/t19-/m1/s1. The third-order valence-corrected chi connectivity index (χ3v) is 8.31. The zero-order chi connectivity index (χ0) is 24.9. The van der Waals surface area contributed by atoms with Gasteiger partial charge in [-0.05, 0) is 51.8 Å². The van der Waals surface area contributed by atoms with Crippen LogP contribution in [0.2, 0.25) is 0 Å². The van der Waals surface area contributed by atoms with E-state index in [-0.39, 0.29) is 11.4 Å². The summed E-state index contributed by atoms with van der Waals surface area (Å²) in [5.41, 5.74) is 2.57. The molecule has 2 aliphatic heterocycles. The van der Waals surface area contributed by atoms with Gasteiger partial charge in [0.2, 0.25) is 5.95 Å². The van der Waals surface area contributed by atoms with E-state index in [2.05, 4.69) is 61.8 Å². The number of rotatable bonds is 4. The Morgan fingerprint density at radius 2 is 1.94 bits per heavy atom. The first-order valence-corrected chi connectivity index (χ1v) is 13.3. The van der Waals surface area contributed by atoms with Gasteiger partial charge in [-0.3, -0.25) is 9.69 Å². The van der Waals surface area contributed by atoms with Gasteiger partial charge in [-0.15, -0.1) is 0 Å². The lowest BCUT2D eigenvalue weighted by atomic mass is 9.80. The molecule has 3 aromatic rings. The number of nitrogens with one attached hydrogen (secondary N) is 2. The Balaban J connectivity index is 1.24. The predicted octanol–water partition coefficient (Wildman–Crippen LogP) is 3.89. The quantitative estimate of drug-likeness (QED) is 0.576. The van der Waals surface area contributed by atoms with E-state index in [1.165, 1.54) is 19.3 Å². The Hall–Kier alpha value is -3.20. The number of carbonyl (C=O) groups is 1. The number of amides is 1. The molecule has 1 amide bonds. The Morgan fingerprint density at radius 1 is 1.11 bits per heavy atom. The molecule has 3 aromatic heterocycles. The number of hydrogen-bond donors (Lipinski definition) is 2. The van der Waals surface area contributed by atoms with Crippen molar-refractivity contribution in [1.82, 2.24) is 29.7 Å². The maximum absolute atomic E-state index is 12.7. The fraction of sp³-hybridized carbons (Fsp3) is 0.556. The molecule has 0 bridgehead atoms. The number of anilines is 3. The molecule has 1 atom stereocenters. The summed E-state index contributed by atoms with van der Waals surface area (Å²) in [4.78, 5) is 31.7. The van der Waals surface area contributed by atoms with Gasteiger partial charge in [0.25, 0.3) is 5.91 Å². The van der Waals surface area contributed by atoms with E-state index in [0.717, 1.165) is 49.2 Å². The Kier molecular flexibility index (Phi) is 5.82. The van der Waals surface area contributed by atoms with Crippen molar-refractivity contribution in [3.63, 3.8) is 0 Å². The highest BCUT2D eigenvalue weighted by atomic mass is 16.2. The van der Waals surface area contributed by atoms with E-state index >= 15 is 0 Å². The largest absolute Gasteiger partial charge is 0.367 e. The van der Waals surface area contributed by atoms with Crippen molar-refractivity contribution in [1.29, 1.82) is 0 Å². The van der Waals surface area contributed by atoms with Crippen molar-refractivity contribution in [2.24, 2.45) is 0 Å². The van der Waals surface area contributed by atoms with E-state index in [1.54, 1.807) is 0 Å². The van der Waals surface area contributed by atoms with Gasteiger partial charge in [-0.2, -0.15) is 4.98 Å². The minimum atomic E-state index is -0.0918. The lowest BCUT2D eigenvalue weighted by molar-refractivity contribution is 0.0833. The van der Waals surface area contributed by atoms with Crippen molar-refractivity contribution in [3.8, 4) is 0 Å². The van der Waals surface area contributed by atoms with Crippen LogP contribution in [0.3, 0.4) is 0 Å². The van der Waals surface area contributed by atoms with E-state index in [9.17, 15) is 4.79 Å². The van der Waals surface area contributed by atoms with Crippen LogP contribution in [-0.4, -0.2) is 68.6 Å². The fourth-order valence-corrected chi connectivity index (χ4v) is 6.46. The SMILES string of the molecule is CC(C)N1CCN(c2ccc(Nc3ncc4cc5n(c4n3)C3(CCCCC3)CNC5=O)nc2)C[C@H]1C. The highest BCUT2D eigenvalue weighted by Crippen LogP contribution is 2.40. The van der Waals surface area contributed by atoms with Crippen molar-refractivity contribution in [2.45, 2.75) is 70.5 Å². The number of piperazine rings is 1. The first-order valence-electron chi connectivity index (χ1n) is 13.3. The van der Waals surface area contributed by atoms with E-state index < -0.39 is 0 Å². The van der Waals surface area contributed by atoms with E-state index in [4.69, 9.17) is 4.98 Å². The molecule has 2 fully saturated rings. The predicted molar refractivity (Wildman–Crippen MR) is 142 cm³/mol. The van der Waals surface area contributed by atoms with Gasteiger partial charge in [0, 0.05) is 49.8 Å². The summed E-state index contributed by atoms with van der Waals surface area (Å²) in [5.74, 6) is 1.18. The summed E-state index contributed by atoms with van der Waals surface area (Å²) in [6, 6.07) is 7.12. The first-order chi connectivity index (χ1) is 17.4. The van der Waals surface area contributed by atoms with Crippen molar-refractivity contribution >= 4 is 34.4 Å². The molecule has 3 aliphatic rings. The van der Waals surface area contributed by atoms with Crippen LogP contribution >= 0.6 is 0 Å². The normalized spacial score (nSPS) is 22.2. The fourth-order valence-electron chi connectivity index (χ4n) is 6.46. The van der Waals surface area contributed by atoms with E-state index in [0.29, 0.717) is 36.1 Å². The number of nitrogens with zero attached hydrogens (tertiary/aromatic N) is 6. The summed E-state index contributed by atoms with van der Waals surface area (Å²) in [6.07, 6.45) is 9.45. The summed E-state index contributed by atoms with van der Waals surface area (Å²) in [6.45, 7) is 10.6. The Labute approximate surface area is 212 Å². The van der Waals surface area contributed by atoms with Gasteiger partial charge in [0.15, 0.2) is 0 Å². The van der Waals surface area contributed by atoms with Crippen molar-refractivity contribution < 1.29 is 4.79 Å². The summed E-state index contributed by atoms with van der Waals surface area (Å²) >= 11 is 0. The minimum Gasteiger partial charge on any atom is -0.367 e. The van der Waals surface area contributed by atoms with Crippen LogP contribution in [0.1, 0.15) is 63.4 Å². The molecule has 36 heavy (non-hydrogen) atoms. The molecule has 6 rings (SSSR count). The molecule has 5 heterocycles. The topological polar surface area (TPSA) is 91.2 Å². The highest BCUT2D eigenvalue weighted by Gasteiger charge is 2.41.